The molecule has 102 valence electrons. The van der Waals surface area contributed by atoms with Gasteiger partial charge in [-0.25, -0.2) is 0 Å². The summed E-state index contributed by atoms with van der Waals surface area (Å²) < 4.78 is 1.44. The molecule has 0 amide bonds. The molecule has 0 radical (unpaired) electrons. The predicted octanol–water partition coefficient (Wildman–Crippen LogP) is 5.00. The maximum Gasteiger partial charge on any atom is 0.0659 e. The van der Waals surface area contributed by atoms with E-state index in [1.54, 1.807) is 10.4 Å². The second-order valence-electron chi connectivity index (χ2n) is 6.55. The number of rotatable bonds is 3. The maximum atomic E-state index is 3.80. The van der Waals surface area contributed by atoms with E-state index in [2.05, 4.69) is 61.7 Å². The van der Waals surface area contributed by atoms with Crippen LogP contribution in [0.2, 0.25) is 0 Å². The van der Waals surface area contributed by atoms with Crippen molar-refractivity contribution >= 4 is 33.9 Å². The number of fused-ring (bicyclic) bond motifs is 1. The minimum Gasteiger partial charge on any atom is -0.310 e. The van der Waals surface area contributed by atoms with Crippen LogP contribution in [0.5, 0.6) is 0 Å². The molecule has 3 heteroatoms. The molecule has 2 unspecified atom stereocenters. The Morgan fingerprint density at radius 1 is 1.50 bits per heavy atom. The molecule has 0 saturated heterocycles. The van der Waals surface area contributed by atoms with Crippen molar-refractivity contribution in [3.05, 3.63) is 19.4 Å². The number of hydrogen-bond acceptors (Lipinski definition) is 2. The summed E-state index contributed by atoms with van der Waals surface area (Å²) in [5, 5.41) is 3.80. The van der Waals surface area contributed by atoms with E-state index in [9.17, 15) is 0 Å². The van der Waals surface area contributed by atoms with E-state index in [-0.39, 0.29) is 0 Å². The Hall–Kier alpha value is 0.390. The number of aryl methyl sites for hydroxylation is 1. The predicted molar refractivity (Wildman–Crippen MR) is 89.3 cm³/mol. The standard InChI is InChI=1S/C15H24INS/c1-10(15(2,3)4)9-17-12-6-5-7-13-11(12)8-14(16)18-13/h8,10,12,17H,5-7,9H2,1-4H3. The lowest BCUT2D eigenvalue weighted by molar-refractivity contribution is 0.242. The van der Waals surface area contributed by atoms with Gasteiger partial charge in [-0.15, -0.1) is 11.3 Å². The van der Waals surface area contributed by atoms with E-state index < -0.39 is 0 Å². The van der Waals surface area contributed by atoms with Gasteiger partial charge in [-0.3, -0.25) is 0 Å². The summed E-state index contributed by atoms with van der Waals surface area (Å²) in [4.78, 5) is 1.62. The van der Waals surface area contributed by atoms with E-state index in [1.165, 1.54) is 22.1 Å². The average molecular weight is 377 g/mol. The summed E-state index contributed by atoms with van der Waals surface area (Å²) >= 11 is 4.44. The molecule has 2 rings (SSSR count). The largest absolute Gasteiger partial charge is 0.310 e. The van der Waals surface area contributed by atoms with Crippen molar-refractivity contribution in [2.24, 2.45) is 11.3 Å². The van der Waals surface area contributed by atoms with Crippen molar-refractivity contribution in [3.63, 3.8) is 0 Å². The van der Waals surface area contributed by atoms with Crippen molar-refractivity contribution in [1.29, 1.82) is 0 Å². The van der Waals surface area contributed by atoms with Gasteiger partial charge in [0.25, 0.3) is 0 Å². The molecule has 1 aliphatic rings. The van der Waals surface area contributed by atoms with Crippen LogP contribution in [-0.4, -0.2) is 6.54 Å². The molecule has 0 aliphatic heterocycles. The number of hydrogen-bond donors (Lipinski definition) is 1. The third-order valence-electron chi connectivity index (χ3n) is 4.23. The van der Waals surface area contributed by atoms with E-state index in [0.717, 1.165) is 6.54 Å². The molecule has 2 atom stereocenters. The topological polar surface area (TPSA) is 12.0 Å². The third kappa shape index (κ3) is 3.48. The molecule has 0 fully saturated rings. The van der Waals surface area contributed by atoms with Gasteiger partial charge in [0.2, 0.25) is 0 Å². The van der Waals surface area contributed by atoms with Gasteiger partial charge in [0.1, 0.15) is 0 Å². The first kappa shape index (κ1) is 14.8. The lowest BCUT2D eigenvalue weighted by atomic mass is 9.81. The average Bonchev–Trinajstić information content (AvgIpc) is 2.65. The lowest BCUT2D eigenvalue weighted by Gasteiger charge is -2.31. The minimum atomic E-state index is 0.396. The second kappa shape index (κ2) is 5.80. The summed E-state index contributed by atoms with van der Waals surface area (Å²) in [5.41, 5.74) is 1.98. The van der Waals surface area contributed by atoms with Crippen LogP contribution in [0.1, 0.15) is 57.0 Å². The zero-order chi connectivity index (χ0) is 13.3. The lowest BCUT2D eigenvalue weighted by Crippen LogP contribution is -2.33. The SMILES string of the molecule is CC(CNC1CCCc2sc(I)cc21)C(C)(C)C. The highest BCUT2D eigenvalue weighted by Crippen LogP contribution is 2.36. The molecule has 0 aromatic carbocycles. The third-order valence-corrected chi connectivity index (χ3v) is 6.20. The quantitative estimate of drug-likeness (QED) is 0.731. The summed E-state index contributed by atoms with van der Waals surface area (Å²) in [6, 6.07) is 2.98. The fraction of sp³-hybridized carbons (Fsp3) is 0.733. The first-order chi connectivity index (χ1) is 8.38. The van der Waals surface area contributed by atoms with Gasteiger partial charge in [0, 0.05) is 10.9 Å². The molecule has 0 bridgehead atoms. The molecule has 1 aromatic heterocycles. The van der Waals surface area contributed by atoms with Crippen LogP contribution < -0.4 is 5.32 Å². The van der Waals surface area contributed by atoms with E-state index in [4.69, 9.17) is 0 Å². The molecular weight excluding hydrogens is 353 g/mol. The molecular formula is C15H24INS. The molecule has 18 heavy (non-hydrogen) atoms. The molecule has 0 saturated carbocycles. The van der Waals surface area contributed by atoms with Crippen LogP contribution in [0.25, 0.3) is 0 Å². The smallest absolute Gasteiger partial charge is 0.0659 e. The first-order valence-corrected chi connectivity index (χ1v) is 8.79. The summed E-state index contributed by atoms with van der Waals surface area (Å²) in [5.74, 6) is 0.709. The van der Waals surface area contributed by atoms with E-state index in [1.807, 2.05) is 11.3 Å². The highest BCUT2D eigenvalue weighted by Gasteiger charge is 2.25. The summed E-state index contributed by atoms with van der Waals surface area (Å²) in [6.07, 6.45) is 3.93. The Labute approximate surface area is 129 Å². The van der Waals surface area contributed by atoms with Crippen LogP contribution in [-0.2, 0) is 6.42 Å². The van der Waals surface area contributed by atoms with Gasteiger partial charge in [-0.2, -0.15) is 0 Å². The zero-order valence-corrected chi connectivity index (χ0v) is 14.8. The van der Waals surface area contributed by atoms with Gasteiger partial charge < -0.3 is 5.32 Å². The van der Waals surface area contributed by atoms with Gasteiger partial charge in [-0.1, -0.05) is 27.7 Å². The molecule has 0 spiro atoms. The Balaban J connectivity index is 1.99. The van der Waals surface area contributed by atoms with Crippen LogP contribution in [0.4, 0.5) is 0 Å². The van der Waals surface area contributed by atoms with Crippen molar-refractivity contribution in [1.82, 2.24) is 5.32 Å². The monoisotopic (exact) mass is 377 g/mol. The van der Waals surface area contributed by atoms with Gasteiger partial charge in [0.15, 0.2) is 0 Å². The number of thiophene rings is 1. The fourth-order valence-corrected chi connectivity index (χ4v) is 4.48. The Kier molecular flexibility index (Phi) is 4.76. The van der Waals surface area contributed by atoms with Crippen LogP contribution in [0.15, 0.2) is 6.07 Å². The van der Waals surface area contributed by atoms with E-state index in [0.29, 0.717) is 17.4 Å². The maximum absolute atomic E-state index is 3.80. The van der Waals surface area contributed by atoms with Gasteiger partial charge >= 0.3 is 0 Å². The second-order valence-corrected chi connectivity index (χ2v) is 9.58. The molecule has 1 heterocycles. The number of nitrogens with one attached hydrogen (secondary N) is 1. The zero-order valence-electron chi connectivity index (χ0n) is 11.8. The van der Waals surface area contributed by atoms with E-state index >= 15 is 0 Å². The van der Waals surface area contributed by atoms with Crippen molar-refractivity contribution in [2.45, 2.75) is 53.0 Å². The normalized spacial score (nSPS) is 21.7. The van der Waals surface area contributed by atoms with Gasteiger partial charge in [0.05, 0.1) is 2.88 Å². The molecule has 1 aliphatic carbocycles. The Bertz CT molecular complexity index is 405. The molecule has 1 N–H and O–H groups in total. The molecule has 1 aromatic rings. The Morgan fingerprint density at radius 3 is 2.89 bits per heavy atom. The van der Waals surface area contributed by atoms with Crippen molar-refractivity contribution in [2.75, 3.05) is 6.54 Å². The van der Waals surface area contributed by atoms with Crippen LogP contribution in [0, 0.1) is 14.2 Å². The van der Waals surface area contributed by atoms with Crippen molar-refractivity contribution < 1.29 is 0 Å². The van der Waals surface area contributed by atoms with Crippen LogP contribution in [0.3, 0.4) is 0 Å². The minimum absolute atomic E-state index is 0.396. The summed E-state index contributed by atoms with van der Waals surface area (Å²) in [6.45, 7) is 10.5. The highest BCUT2D eigenvalue weighted by molar-refractivity contribution is 14.1. The van der Waals surface area contributed by atoms with Crippen LogP contribution >= 0.6 is 33.9 Å². The van der Waals surface area contributed by atoms with Crippen molar-refractivity contribution in [3.8, 4) is 0 Å². The van der Waals surface area contributed by atoms with Gasteiger partial charge in [-0.05, 0) is 71.4 Å². The first-order valence-electron chi connectivity index (χ1n) is 6.89. The summed E-state index contributed by atoms with van der Waals surface area (Å²) in [7, 11) is 0. The Morgan fingerprint density at radius 2 is 2.22 bits per heavy atom. The highest BCUT2D eigenvalue weighted by atomic mass is 127. The fourth-order valence-electron chi connectivity index (χ4n) is 2.36. The number of halogens is 1. The molecule has 1 nitrogen and oxygen atoms in total.